The maximum atomic E-state index is 12.8. The molecule has 8 nitrogen and oxygen atoms in total. The Morgan fingerprint density at radius 3 is 2.67 bits per heavy atom. The minimum Gasteiger partial charge on any atom is -0.495 e. The van der Waals surface area contributed by atoms with Gasteiger partial charge in [-0.3, -0.25) is 9.59 Å². The van der Waals surface area contributed by atoms with Gasteiger partial charge in [0.15, 0.2) is 0 Å². The van der Waals surface area contributed by atoms with E-state index in [1.54, 1.807) is 36.4 Å². The van der Waals surface area contributed by atoms with Gasteiger partial charge in [0.05, 0.1) is 29.3 Å². The van der Waals surface area contributed by atoms with E-state index in [9.17, 15) is 14.4 Å². The first-order valence-corrected chi connectivity index (χ1v) is 9.88. The third-order valence-corrected chi connectivity index (χ3v) is 5.26. The number of nitrogens with zero attached hydrogens (tertiary/aromatic N) is 1. The predicted molar refractivity (Wildman–Crippen MR) is 115 cm³/mol. The molecule has 10 heteroatoms. The van der Waals surface area contributed by atoms with Crippen LogP contribution in [0.15, 0.2) is 42.5 Å². The normalized spacial score (nSPS) is 15.9. The molecule has 3 N–H and O–H groups in total. The van der Waals surface area contributed by atoms with E-state index in [1.807, 2.05) is 0 Å². The van der Waals surface area contributed by atoms with Crippen molar-refractivity contribution in [3.05, 3.63) is 52.5 Å². The summed E-state index contributed by atoms with van der Waals surface area (Å²) in [7, 11) is 1.49. The number of para-hydroxylation sites is 2. The van der Waals surface area contributed by atoms with Crippen molar-refractivity contribution in [1.82, 2.24) is 10.2 Å². The smallest absolute Gasteiger partial charge is 0.322 e. The lowest BCUT2D eigenvalue weighted by Gasteiger charge is -2.34. The molecule has 0 radical (unpaired) electrons. The Bertz CT molecular complexity index is 970. The van der Waals surface area contributed by atoms with E-state index in [0.717, 1.165) is 0 Å². The standard InChI is InChI=1S/C20H20Cl2N4O4/c1-30-17-5-3-2-4-15(17)25-18(27)11-16-19(28)23-8-9-26(16)20(29)24-12-6-7-13(21)14(22)10-12/h2-7,10,16H,8-9,11H2,1H3,(H,23,28)(H,24,29)(H,25,27)/t16-/m0/s1. The number of rotatable bonds is 5. The molecule has 1 aliphatic heterocycles. The number of amides is 4. The summed E-state index contributed by atoms with van der Waals surface area (Å²) in [5, 5.41) is 8.74. The van der Waals surface area contributed by atoms with Crippen LogP contribution in [0.1, 0.15) is 6.42 Å². The Morgan fingerprint density at radius 2 is 1.93 bits per heavy atom. The molecule has 4 amide bonds. The second-order valence-electron chi connectivity index (χ2n) is 6.51. The fourth-order valence-corrected chi connectivity index (χ4v) is 3.35. The number of urea groups is 1. The molecule has 2 aromatic carbocycles. The molecule has 1 aliphatic rings. The molecule has 0 spiro atoms. The summed E-state index contributed by atoms with van der Waals surface area (Å²) in [4.78, 5) is 39.1. The molecule has 1 fully saturated rings. The van der Waals surface area contributed by atoms with Crippen LogP contribution in [0, 0.1) is 0 Å². The molecule has 0 saturated carbocycles. The van der Waals surface area contributed by atoms with Crippen LogP contribution in [0.4, 0.5) is 16.2 Å². The lowest BCUT2D eigenvalue weighted by atomic mass is 10.1. The number of ether oxygens (including phenoxy) is 1. The first-order valence-electron chi connectivity index (χ1n) is 9.12. The number of carbonyl (C=O) groups excluding carboxylic acids is 3. The van der Waals surface area contributed by atoms with Crippen molar-refractivity contribution in [3.8, 4) is 5.75 Å². The summed E-state index contributed by atoms with van der Waals surface area (Å²) in [6.07, 6.45) is -0.210. The first kappa shape index (κ1) is 21.7. The van der Waals surface area contributed by atoms with Crippen LogP contribution in [-0.2, 0) is 9.59 Å². The molecule has 1 heterocycles. The molecule has 1 atom stereocenters. The van der Waals surface area contributed by atoms with Crippen molar-refractivity contribution in [2.75, 3.05) is 30.8 Å². The van der Waals surface area contributed by atoms with Gasteiger partial charge in [0.25, 0.3) is 0 Å². The van der Waals surface area contributed by atoms with Crippen molar-refractivity contribution >= 4 is 52.4 Å². The predicted octanol–water partition coefficient (Wildman–Crippen LogP) is 3.36. The van der Waals surface area contributed by atoms with Crippen LogP contribution in [0.25, 0.3) is 0 Å². The van der Waals surface area contributed by atoms with Gasteiger partial charge in [-0.2, -0.15) is 0 Å². The van der Waals surface area contributed by atoms with E-state index in [0.29, 0.717) is 27.2 Å². The second kappa shape index (κ2) is 9.69. The summed E-state index contributed by atoms with van der Waals surface area (Å²) >= 11 is 11.9. The fourth-order valence-electron chi connectivity index (χ4n) is 3.05. The van der Waals surface area contributed by atoms with Crippen LogP contribution in [-0.4, -0.2) is 49.0 Å². The molecule has 30 heavy (non-hydrogen) atoms. The van der Waals surface area contributed by atoms with E-state index in [2.05, 4.69) is 16.0 Å². The zero-order chi connectivity index (χ0) is 21.7. The van der Waals surface area contributed by atoms with Crippen LogP contribution >= 0.6 is 23.2 Å². The highest BCUT2D eigenvalue weighted by Crippen LogP contribution is 2.26. The number of carbonyl (C=O) groups is 3. The highest BCUT2D eigenvalue weighted by Gasteiger charge is 2.35. The van der Waals surface area contributed by atoms with Gasteiger partial charge in [-0.1, -0.05) is 35.3 Å². The van der Waals surface area contributed by atoms with Gasteiger partial charge in [-0.25, -0.2) is 4.79 Å². The maximum Gasteiger partial charge on any atom is 0.322 e. The lowest BCUT2D eigenvalue weighted by molar-refractivity contribution is -0.130. The van der Waals surface area contributed by atoms with Crippen LogP contribution in [0.5, 0.6) is 5.75 Å². The molecule has 0 bridgehead atoms. The lowest BCUT2D eigenvalue weighted by Crippen LogP contribution is -2.59. The van der Waals surface area contributed by atoms with E-state index < -0.39 is 23.9 Å². The van der Waals surface area contributed by atoms with Crippen LogP contribution < -0.4 is 20.7 Å². The number of piperazine rings is 1. The molecular weight excluding hydrogens is 431 g/mol. The molecule has 3 rings (SSSR count). The Hall–Kier alpha value is -2.97. The molecule has 2 aromatic rings. The van der Waals surface area contributed by atoms with E-state index in [-0.39, 0.29) is 19.5 Å². The molecule has 1 saturated heterocycles. The van der Waals surface area contributed by atoms with Gasteiger partial charge in [0, 0.05) is 18.8 Å². The number of hydrogen-bond donors (Lipinski definition) is 3. The van der Waals surface area contributed by atoms with E-state index in [4.69, 9.17) is 27.9 Å². The summed E-state index contributed by atoms with van der Waals surface area (Å²) < 4.78 is 5.21. The second-order valence-corrected chi connectivity index (χ2v) is 7.33. The molecular formula is C20H20Cl2N4O4. The quantitative estimate of drug-likeness (QED) is 0.649. The summed E-state index contributed by atoms with van der Waals surface area (Å²) in [6.45, 7) is 0.545. The number of hydrogen-bond acceptors (Lipinski definition) is 4. The van der Waals surface area contributed by atoms with Crippen molar-refractivity contribution in [3.63, 3.8) is 0 Å². The Morgan fingerprint density at radius 1 is 1.17 bits per heavy atom. The van der Waals surface area contributed by atoms with E-state index in [1.165, 1.54) is 18.1 Å². The highest BCUT2D eigenvalue weighted by molar-refractivity contribution is 6.42. The molecule has 0 aromatic heterocycles. The van der Waals surface area contributed by atoms with Crippen molar-refractivity contribution in [2.45, 2.75) is 12.5 Å². The first-order chi connectivity index (χ1) is 14.4. The zero-order valence-electron chi connectivity index (χ0n) is 16.1. The van der Waals surface area contributed by atoms with Gasteiger partial charge in [0.2, 0.25) is 11.8 Å². The maximum absolute atomic E-state index is 12.8. The van der Waals surface area contributed by atoms with Crippen molar-refractivity contribution in [1.29, 1.82) is 0 Å². The summed E-state index contributed by atoms with van der Waals surface area (Å²) in [5.74, 6) is -0.331. The van der Waals surface area contributed by atoms with Gasteiger partial charge < -0.3 is 25.6 Å². The van der Waals surface area contributed by atoms with Gasteiger partial charge in [0.1, 0.15) is 11.8 Å². The fraction of sp³-hybridized carbons (Fsp3) is 0.250. The minimum absolute atomic E-state index is 0.210. The number of anilines is 2. The Balaban J connectivity index is 1.70. The zero-order valence-corrected chi connectivity index (χ0v) is 17.6. The van der Waals surface area contributed by atoms with Crippen molar-refractivity contribution < 1.29 is 19.1 Å². The van der Waals surface area contributed by atoms with Gasteiger partial charge in [-0.15, -0.1) is 0 Å². The monoisotopic (exact) mass is 450 g/mol. The van der Waals surface area contributed by atoms with Crippen LogP contribution in [0.3, 0.4) is 0 Å². The number of halogens is 2. The molecule has 0 unspecified atom stereocenters. The number of benzene rings is 2. The van der Waals surface area contributed by atoms with Gasteiger partial charge in [-0.05, 0) is 30.3 Å². The Kier molecular flexibility index (Phi) is 7.02. The largest absolute Gasteiger partial charge is 0.495 e. The average Bonchev–Trinajstić information content (AvgIpc) is 2.72. The highest BCUT2D eigenvalue weighted by atomic mass is 35.5. The summed E-state index contributed by atoms with van der Waals surface area (Å²) in [6, 6.07) is 10.1. The minimum atomic E-state index is -0.962. The Labute approximate surface area is 183 Å². The number of methoxy groups -OCH3 is 1. The van der Waals surface area contributed by atoms with Gasteiger partial charge >= 0.3 is 6.03 Å². The summed E-state index contributed by atoms with van der Waals surface area (Å²) in [5.41, 5.74) is 0.908. The van der Waals surface area contributed by atoms with E-state index >= 15 is 0 Å². The third-order valence-electron chi connectivity index (χ3n) is 4.52. The number of nitrogens with one attached hydrogen (secondary N) is 3. The van der Waals surface area contributed by atoms with Crippen molar-refractivity contribution in [2.24, 2.45) is 0 Å². The third kappa shape index (κ3) is 5.14. The molecule has 158 valence electrons. The molecule has 0 aliphatic carbocycles. The van der Waals surface area contributed by atoms with Crippen LogP contribution in [0.2, 0.25) is 10.0 Å². The average molecular weight is 451 g/mol. The SMILES string of the molecule is COc1ccccc1NC(=O)C[C@H]1C(=O)NCCN1C(=O)Nc1ccc(Cl)c(Cl)c1. The topological polar surface area (TPSA) is 99.8 Å².